The minimum absolute atomic E-state index is 0.340. The Morgan fingerprint density at radius 2 is 2.25 bits per heavy atom. The van der Waals surface area contributed by atoms with Gasteiger partial charge in [0.1, 0.15) is 5.82 Å². The van der Waals surface area contributed by atoms with Crippen LogP contribution >= 0.6 is 11.6 Å². The average Bonchev–Trinajstić information content (AvgIpc) is 2.25. The predicted molar refractivity (Wildman–Crippen MR) is 65.8 cm³/mol. The number of nitrogens with one attached hydrogen (secondary N) is 2. The Morgan fingerprint density at radius 3 is 3.00 bits per heavy atom. The summed E-state index contributed by atoms with van der Waals surface area (Å²) in [5.74, 6) is 1.47. The fraction of sp³-hybridized carbons (Fsp3) is 0.636. The maximum Gasteiger partial charge on any atom is 0.224 e. The molecular formula is C11H17ClN4. The Balaban J connectivity index is 2.25. The normalized spacial score (nSPS) is 15.0. The molecule has 5 heteroatoms. The standard InChI is InChI=1S/C11H17ClN4/c1-7(2)5-14-10-8-6-13-4-3-9(8)15-11(12)16-10/h7,13H,3-6H2,1-2H3,(H,14,15,16). The molecule has 2 rings (SSSR count). The molecule has 0 amide bonds. The summed E-state index contributed by atoms with van der Waals surface area (Å²) in [5, 5.41) is 7.00. The van der Waals surface area contributed by atoms with Crippen LogP contribution in [0.2, 0.25) is 5.28 Å². The largest absolute Gasteiger partial charge is 0.369 e. The maximum absolute atomic E-state index is 5.91. The van der Waals surface area contributed by atoms with E-state index in [4.69, 9.17) is 11.6 Å². The zero-order valence-electron chi connectivity index (χ0n) is 9.68. The highest BCUT2D eigenvalue weighted by molar-refractivity contribution is 6.28. The van der Waals surface area contributed by atoms with E-state index in [0.717, 1.165) is 43.1 Å². The lowest BCUT2D eigenvalue weighted by atomic mass is 10.1. The minimum atomic E-state index is 0.340. The van der Waals surface area contributed by atoms with Gasteiger partial charge in [-0.05, 0) is 17.5 Å². The molecule has 0 atom stereocenters. The monoisotopic (exact) mass is 240 g/mol. The predicted octanol–water partition coefficient (Wildman–Crippen LogP) is 1.84. The molecule has 0 radical (unpaired) electrons. The van der Waals surface area contributed by atoms with Gasteiger partial charge in [-0.2, -0.15) is 0 Å². The lowest BCUT2D eigenvalue weighted by molar-refractivity contribution is 0.623. The fourth-order valence-corrected chi connectivity index (χ4v) is 1.95. The van der Waals surface area contributed by atoms with Crippen molar-refractivity contribution < 1.29 is 0 Å². The molecule has 4 nitrogen and oxygen atoms in total. The molecule has 2 heterocycles. The summed E-state index contributed by atoms with van der Waals surface area (Å²) >= 11 is 5.91. The van der Waals surface area contributed by atoms with Crippen molar-refractivity contribution in [2.24, 2.45) is 5.92 Å². The fourth-order valence-electron chi connectivity index (χ4n) is 1.76. The van der Waals surface area contributed by atoms with E-state index in [2.05, 4.69) is 34.4 Å². The minimum Gasteiger partial charge on any atom is -0.369 e. The van der Waals surface area contributed by atoms with Gasteiger partial charge in [-0.15, -0.1) is 0 Å². The van der Waals surface area contributed by atoms with Crippen LogP contribution in [0.1, 0.15) is 25.1 Å². The van der Waals surface area contributed by atoms with Crippen LogP contribution in [-0.2, 0) is 13.0 Å². The van der Waals surface area contributed by atoms with Gasteiger partial charge in [0.2, 0.25) is 5.28 Å². The summed E-state index contributed by atoms with van der Waals surface area (Å²) in [6.45, 7) is 7.03. The highest BCUT2D eigenvalue weighted by Crippen LogP contribution is 2.21. The number of hydrogen-bond acceptors (Lipinski definition) is 4. The van der Waals surface area contributed by atoms with Gasteiger partial charge in [0, 0.05) is 31.6 Å². The zero-order valence-corrected chi connectivity index (χ0v) is 10.4. The van der Waals surface area contributed by atoms with Gasteiger partial charge in [0.25, 0.3) is 0 Å². The second-order valence-electron chi connectivity index (χ2n) is 4.47. The molecule has 88 valence electrons. The number of halogens is 1. The Hall–Kier alpha value is -0.870. The molecule has 0 bridgehead atoms. The van der Waals surface area contributed by atoms with E-state index in [0.29, 0.717) is 11.2 Å². The van der Waals surface area contributed by atoms with Crippen LogP contribution in [0.3, 0.4) is 0 Å². The van der Waals surface area contributed by atoms with Crippen LogP contribution in [0, 0.1) is 5.92 Å². The van der Waals surface area contributed by atoms with Crippen LogP contribution < -0.4 is 10.6 Å². The molecule has 0 spiro atoms. The van der Waals surface area contributed by atoms with Gasteiger partial charge in [0.05, 0.1) is 5.69 Å². The smallest absolute Gasteiger partial charge is 0.224 e. The van der Waals surface area contributed by atoms with Crippen molar-refractivity contribution in [1.29, 1.82) is 0 Å². The summed E-state index contributed by atoms with van der Waals surface area (Å²) in [5.41, 5.74) is 2.24. The third-order valence-corrected chi connectivity index (χ3v) is 2.75. The van der Waals surface area contributed by atoms with E-state index in [1.54, 1.807) is 0 Å². The average molecular weight is 241 g/mol. The molecule has 0 aromatic carbocycles. The number of rotatable bonds is 3. The molecule has 1 aromatic rings. The van der Waals surface area contributed by atoms with E-state index in [1.807, 2.05) is 0 Å². The lowest BCUT2D eigenvalue weighted by Gasteiger charge is -2.20. The molecule has 2 N–H and O–H groups in total. The zero-order chi connectivity index (χ0) is 11.5. The van der Waals surface area contributed by atoms with Crippen LogP contribution in [0.5, 0.6) is 0 Å². The molecule has 1 aliphatic heterocycles. The third-order valence-electron chi connectivity index (χ3n) is 2.58. The number of anilines is 1. The summed E-state index contributed by atoms with van der Waals surface area (Å²) < 4.78 is 0. The Morgan fingerprint density at radius 1 is 1.44 bits per heavy atom. The van der Waals surface area contributed by atoms with Crippen LogP contribution in [0.4, 0.5) is 5.82 Å². The van der Waals surface area contributed by atoms with Crippen LogP contribution in [0.15, 0.2) is 0 Å². The molecular weight excluding hydrogens is 224 g/mol. The first-order chi connectivity index (χ1) is 7.66. The van der Waals surface area contributed by atoms with E-state index >= 15 is 0 Å². The lowest BCUT2D eigenvalue weighted by Crippen LogP contribution is -2.27. The Bertz CT molecular complexity index is 378. The molecule has 0 fully saturated rings. The second-order valence-corrected chi connectivity index (χ2v) is 4.81. The quantitative estimate of drug-likeness (QED) is 0.792. The van der Waals surface area contributed by atoms with Gasteiger partial charge < -0.3 is 10.6 Å². The number of aromatic nitrogens is 2. The summed E-state index contributed by atoms with van der Waals surface area (Å²) in [7, 11) is 0. The van der Waals surface area contributed by atoms with Crippen LogP contribution in [-0.4, -0.2) is 23.1 Å². The van der Waals surface area contributed by atoms with Crippen molar-refractivity contribution in [3.63, 3.8) is 0 Å². The number of nitrogens with zero attached hydrogens (tertiary/aromatic N) is 2. The second kappa shape index (κ2) is 4.97. The molecule has 1 aliphatic rings. The van der Waals surface area contributed by atoms with E-state index in [1.165, 1.54) is 0 Å². The first kappa shape index (κ1) is 11.6. The van der Waals surface area contributed by atoms with E-state index in [9.17, 15) is 0 Å². The first-order valence-corrected chi connectivity index (χ1v) is 6.04. The molecule has 0 unspecified atom stereocenters. The molecule has 16 heavy (non-hydrogen) atoms. The van der Waals surface area contributed by atoms with Crippen molar-refractivity contribution in [2.45, 2.75) is 26.8 Å². The van der Waals surface area contributed by atoms with E-state index < -0.39 is 0 Å². The third kappa shape index (κ3) is 2.62. The van der Waals surface area contributed by atoms with Crippen molar-refractivity contribution >= 4 is 17.4 Å². The highest BCUT2D eigenvalue weighted by atomic mass is 35.5. The van der Waals surface area contributed by atoms with Gasteiger partial charge in [-0.3, -0.25) is 0 Å². The molecule has 0 saturated carbocycles. The maximum atomic E-state index is 5.91. The first-order valence-electron chi connectivity index (χ1n) is 5.66. The number of hydrogen-bond donors (Lipinski definition) is 2. The summed E-state index contributed by atoms with van der Waals surface area (Å²) in [6.07, 6.45) is 0.925. The van der Waals surface area contributed by atoms with Gasteiger partial charge in [-0.1, -0.05) is 13.8 Å². The van der Waals surface area contributed by atoms with Crippen molar-refractivity contribution in [1.82, 2.24) is 15.3 Å². The van der Waals surface area contributed by atoms with Crippen molar-refractivity contribution in [3.8, 4) is 0 Å². The molecule has 0 saturated heterocycles. The topological polar surface area (TPSA) is 49.8 Å². The number of fused-ring (bicyclic) bond motifs is 1. The van der Waals surface area contributed by atoms with E-state index in [-0.39, 0.29) is 0 Å². The van der Waals surface area contributed by atoms with Crippen molar-refractivity contribution in [2.75, 3.05) is 18.4 Å². The Labute approximate surface area is 101 Å². The summed E-state index contributed by atoms with van der Waals surface area (Å²) in [4.78, 5) is 8.54. The van der Waals surface area contributed by atoms with Gasteiger partial charge in [-0.25, -0.2) is 9.97 Å². The highest BCUT2D eigenvalue weighted by Gasteiger charge is 2.16. The van der Waals surface area contributed by atoms with Crippen molar-refractivity contribution in [3.05, 3.63) is 16.5 Å². The molecule has 0 aliphatic carbocycles. The van der Waals surface area contributed by atoms with Crippen LogP contribution in [0.25, 0.3) is 0 Å². The SMILES string of the molecule is CC(C)CNc1nc(Cl)nc2c1CNCC2. The molecule has 1 aromatic heterocycles. The van der Waals surface area contributed by atoms with Gasteiger partial charge in [0.15, 0.2) is 0 Å². The Kier molecular flexibility index (Phi) is 3.61. The van der Waals surface area contributed by atoms with Gasteiger partial charge >= 0.3 is 0 Å². The summed E-state index contributed by atoms with van der Waals surface area (Å²) in [6, 6.07) is 0.